The first kappa shape index (κ1) is 18.5. The van der Waals surface area contributed by atoms with E-state index in [-0.39, 0.29) is 5.02 Å². The number of amides is 3. The Hall–Kier alpha value is -1.79. The molecule has 0 radical (unpaired) electrons. The lowest BCUT2D eigenvalue weighted by atomic mass is 9.92. The molecule has 0 aromatic heterocycles. The van der Waals surface area contributed by atoms with Gasteiger partial charge in [0.1, 0.15) is 17.7 Å². The number of ether oxygens (including phenoxy) is 1. The maximum absolute atomic E-state index is 12.7. The number of esters is 1. The van der Waals surface area contributed by atoms with Gasteiger partial charge in [-0.3, -0.25) is 14.5 Å². The van der Waals surface area contributed by atoms with Crippen molar-refractivity contribution in [2.75, 3.05) is 6.54 Å². The SMILES string of the molecule is CC(C)(C)OC(=O)CN1C(=O)NC(C)(c2ccc(Cl)cc2Cl)C1=O. The minimum atomic E-state index is -1.37. The number of hydrogen-bond acceptors (Lipinski definition) is 4. The van der Waals surface area contributed by atoms with Crippen molar-refractivity contribution in [3.8, 4) is 0 Å². The Bertz CT molecular complexity index is 715. The van der Waals surface area contributed by atoms with E-state index in [2.05, 4.69) is 5.32 Å². The predicted octanol–water partition coefficient (Wildman–Crippen LogP) is 3.10. The van der Waals surface area contributed by atoms with Gasteiger partial charge in [0.2, 0.25) is 0 Å². The molecule has 1 aliphatic rings. The van der Waals surface area contributed by atoms with Crippen LogP contribution in [-0.4, -0.2) is 35.0 Å². The van der Waals surface area contributed by atoms with E-state index in [1.165, 1.54) is 13.0 Å². The van der Waals surface area contributed by atoms with Crippen LogP contribution in [0.4, 0.5) is 4.79 Å². The summed E-state index contributed by atoms with van der Waals surface area (Å²) < 4.78 is 5.15. The molecule has 0 spiro atoms. The second kappa shape index (κ2) is 6.26. The molecule has 24 heavy (non-hydrogen) atoms. The van der Waals surface area contributed by atoms with E-state index in [1.807, 2.05) is 0 Å². The Morgan fingerprint density at radius 2 is 1.92 bits per heavy atom. The number of urea groups is 1. The fraction of sp³-hybridized carbons (Fsp3) is 0.438. The topological polar surface area (TPSA) is 75.7 Å². The van der Waals surface area contributed by atoms with E-state index >= 15 is 0 Å². The maximum Gasteiger partial charge on any atom is 0.326 e. The first-order valence-electron chi connectivity index (χ1n) is 7.25. The monoisotopic (exact) mass is 372 g/mol. The molecule has 1 aromatic rings. The van der Waals surface area contributed by atoms with Crippen molar-refractivity contribution in [2.24, 2.45) is 0 Å². The quantitative estimate of drug-likeness (QED) is 0.653. The summed E-state index contributed by atoms with van der Waals surface area (Å²) in [5, 5.41) is 3.24. The number of carbonyl (C=O) groups is 3. The van der Waals surface area contributed by atoms with Gasteiger partial charge in [-0.25, -0.2) is 4.79 Å². The molecule has 1 saturated heterocycles. The van der Waals surface area contributed by atoms with Gasteiger partial charge in [0.25, 0.3) is 5.91 Å². The Morgan fingerprint density at radius 1 is 1.29 bits per heavy atom. The fourth-order valence-corrected chi connectivity index (χ4v) is 3.02. The molecule has 1 fully saturated rings. The minimum Gasteiger partial charge on any atom is -0.459 e. The lowest BCUT2D eigenvalue weighted by Gasteiger charge is -2.24. The Balaban J connectivity index is 2.26. The summed E-state index contributed by atoms with van der Waals surface area (Å²) in [5.41, 5.74) is -1.68. The minimum absolute atomic E-state index is 0.248. The van der Waals surface area contributed by atoms with Crippen LogP contribution in [0.5, 0.6) is 0 Å². The van der Waals surface area contributed by atoms with Gasteiger partial charge in [-0.15, -0.1) is 0 Å². The smallest absolute Gasteiger partial charge is 0.326 e. The first-order valence-corrected chi connectivity index (χ1v) is 8.01. The zero-order valence-corrected chi connectivity index (χ0v) is 15.3. The Labute approximate surface area is 150 Å². The molecule has 0 aliphatic carbocycles. The predicted molar refractivity (Wildman–Crippen MR) is 89.9 cm³/mol. The molecule has 130 valence electrons. The number of imide groups is 1. The highest BCUT2D eigenvalue weighted by Crippen LogP contribution is 2.34. The summed E-state index contributed by atoms with van der Waals surface area (Å²) in [4.78, 5) is 37.6. The van der Waals surface area contributed by atoms with Crippen LogP contribution in [-0.2, 0) is 19.9 Å². The van der Waals surface area contributed by atoms with Gasteiger partial charge in [-0.05, 0) is 39.8 Å². The number of nitrogens with zero attached hydrogens (tertiary/aromatic N) is 1. The van der Waals surface area contributed by atoms with Gasteiger partial charge in [0.05, 0.1) is 0 Å². The third kappa shape index (κ3) is 3.65. The Morgan fingerprint density at radius 3 is 2.46 bits per heavy atom. The van der Waals surface area contributed by atoms with Crippen LogP contribution in [0, 0.1) is 0 Å². The summed E-state index contributed by atoms with van der Waals surface area (Å²) in [6.07, 6.45) is 0. The molecule has 1 heterocycles. The van der Waals surface area contributed by atoms with Crippen LogP contribution >= 0.6 is 23.2 Å². The van der Waals surface area contributed by atoms with Crippen LogP contribution in [0.25, 0.3) is 0 Å². The van der Waals surface area contributed by atoms with Crippen molar-refractivity contribution in [1.82, 2.24) is 10.2 Å². The van der Waals surface area contributed by atoms with E-state index in [0.717, 1.165) is 4.90 Å². The number of halogens is 2. The number of rotatable bonds is 3. The van der Waals surface area contributed by atoms with Crippen LogP contribution in [0.2, 0.25) is 10.0 Å². The summed E-state index contributed by atoms with van der Waals surface area (Å²) in [6.45, 7) is 6.16. The summed E-state index contributed by atoms with van der Waals surface area (Å²) >= 11 is 12.0. The molecule has 1 aliphatic heterocycles. The fourth-order valence-electron chi connectivity index (χ4n) is 2.42. The van der Waals surface area contributed by atoms with Gasteiger partial charge in [-0.1, -0.05) is 29.3 Å². The van der Waals surface area contributed by atoms with Crippen molar-refractivity contribution < 1.29 is 19.1 Å². The van der Waals surface area contributed by atoms with Crippen LogP contribution in [0.3, 0.4) is 0 Å². The van der Waals surface area contributed by atoms with Gasteiger partial charge in [-0.2, -0.15) is 0 Å². The number of hydrogen-bond donors (Lipinski definition) is 1. The van der Waals surface area contributed by atoms with E-state index < -0.39 is 35.6 Å². The third-order valence-electron chi connectivity index (χ3n) is 3.45. The van der Waals surface area contributed by atoms with Crippen molar-refractivity contribution in [1.29, 1.82) is 0 Å². The summed E-state index contributed by atoms with van der Waals surface area (Å²) in [7, 11) is 0. The highest BCUT2D eigenvalue weighted by atomic mass is 35.5. The Kier molecular flexibility index (Phi) is 4.84. The lowest BCUT2D eigenvalue weighted by molar-refractivity contribution is -0.157. The number of nitrogens with one attached hydrogen (secondary N) is 1. The second-order valence-electron chi connectivity index (χ2n) is 6.66. The van der Waals surface area contributed by atoms with Crippen molar-refractivity contribution in [3.63, 3.8) is 0 Å². The molecule has 0 saturated carbocycles. The van der Waals surface area contributed by atoms with Gasteiger partial charge >= 0.3 is 12.0 Å². The standard InChI is InChI=1S/C16H18Cl2N2O4/c1-15(2,3)24-12(21)8-20-13(22)16(4,19-14(20)23)10-6-5-9(17)7-11(10)18/h5-7H,8H2,1-4H3,(H,19,23). The van der Waals surface area contributed by atoms with Crippen molar-refractivity contribution in [2.45, 2.75) is 38.8 Å². The van der Waals surface area contributed by atoms with Crippen molar-refractivity contribution >= 4 is 41.1 Å². The van der Waals surface area contributed by atoms with E-state index in [0.29, 0.717) is 10.6 Å². The average molecular weight is 373 g/mol. The van der Waals surface area contributed by atoms with E-state index in [1.54, 1.807) is 32.9 Å². The second-order valence-corrected chi connectivity index (χ2v) is 7.50. The lowest BCUT2D eigenvalue weighted by Crippen LogP contribution is -2.42. The van der Waals surface area contributed by atoms with Gasteiger partial charge in [0, 0.05) is 15.6 Å². The molecule has 1 atom stereocenters. The number of carbonyl (C=O) groups excluding carboxylic acids is 3. The largest absolute Gasteiger partial charge is 0.459 e. The molecule has 1 unspecified atom stereocenters. The highest BCUT2D eigenvalue weighted by Gasteiger charge is 2.50. The zero-order chi connectivity index (χ0) is 18.3. The van der Waals surface area contributed by atoms with Crippen molar-refractivity contribution in [3.05, 3.63) is 33.8 Å². The normalized spacial score (nSPS) is 21.0. The van der Waals surface area contributed by atoms with Crippen LogP contribution < -0.4 is 5.32 Å². The molecule has 2 rings (SSSR count). The van der Waals surface area contributed by atoms with Crippen LogP contribution in [0.1, 0.15) is 33.3 Å². The molecule has 3 amide bonds. The van der Waals surface area contributed by atoms with Gasteiger partial charge in [0.15, 0.2) is 0 Å². The zero-order valence-electron chi connectivity index (χ0n) is 13.8. The molecule has 1 N–H and O–H groups in total. The third-order valence-corrected chi connectivity index (χ3v) is 4.00. The molecular weight excluding hydrogens is 355 g/mol. The van der Waals surface area contributed by atoms with E-state index in [9.17, 15) is 14.4 Å². The number of benzene rings is 1. The summed E-state index contributed by atoms with van der Waals surface area (Å²) in [6, 6.07) is 3.95. The molecule has 8 heteroatoms. The summed E-state index contributed by atoms with van der Waals surface area (Å²) in [5.74, 6) is -1.25. The first-order chi connectivity index (χ1) is 10.9. The maximum atomic E-state index is 12.7. The highest BCUT2D eigenvalue weighted by molar-refractivity contribution is 6.35. The molecule has 1 aromatic carbocycles. The molecular formula is C16H18Cl2N2O4. The van der Waals surface area contributed by atoms with Crippen LogP contribution in [0.15, 0.2) is 18.2 Å². The van der Waals surface area contributed by atoms with E-state index in [4.69, 9.17) is 27.9 Å². The molecule has 6 nitrogen and oxygen atoms in total. The molecule has 0 bridgehead atoms. The van der Waals surface area contributed by atoms with Gasteiger partial charge < -0.3 is 10.1 Å². The average Bonchev–Trinajstić information content (AvgIpc) is 2.61.